The van der Waals surface area contributed by atoms with Crippen LogP contribution in [0, 0.1) is 11.7 Å². The molecule has 1 saturated heterocycles. The van der Waals surface area contributed by atoms with E-state index in [0.717, 1.165) is 5.56 Å². The summed E-state index contributed by atoms with van der Waals surface area (Å²) < 4.78 is 19.2. The lowest BCUT2D eigenvalue weighted by Crippen LogP contribution is -2.29. The Labute approximate surface area is 146 Å². The first-order valence-corrected chi connectivity index (χ1v) is 8.29. The molecule has 25 heavy (non-hydrogen) atoms. The number of nitrogens with one attached hydrogen (secondary N) is 1. The lowest BCUT2D eigenvalue weighted by molar-refractivity contribution is -0.127. The lowest BCUT2D eigenvalue weighted by atomic mass is 9.94. The van der Waals surface area contributed by atoms with Gasteiger partial charge in [0.25, 0.3) is 0 Å². The zero-order chi connectivity index (χ0) is 17.8. The van der Waals surface area contributed by atoms with E-state index >= 15 is 0 Å². The molecule has 0 unspecified atom stereocenters. The van der Waals surface area contributed by atoms with Crippen molar-refractivity contribution in [2.24, 2.45) is 5.92 Å². The van der Waals surface area contributed by atoms with Crippen LogP contribution in [0.3, 0.4) is 0 Å². The average molecular weight is 343 g/mol. The first kappa shape index (κ1) is 17.4. The lowest BCUT2D eigenvalue weighted by Gasteiger charge is -2.25. The van der Waals surface area contributed by atoms with E-state index < -0.39 is 0 Å². The molecule has 2 aromatic rings. The van der Waals surface area contributed by atoms with Gasteiger partial charge in [-0.05, 0) is 23.8 Å². The number of pyridine rings is 1. The molecule has 1 aromatic carbocycles. The van der Waals surface area contributed by atoms with Gasteiger partial charge in [-0.25, -0.2) is 4.39 Å². The molecule has 1 amide bonds. The van der Waals surface area contributed by atoms with Crippen LogP contribution in [-0.2, 0) is 11.3 Å². The van der Waals surface area contributed by atoms with Crippen LogP contribution >= 0.6 is 0 Å². The quantitative estimate of drug-likeness (QED) is 0.876. The molecule has 1 N–H and O–H groups in total. The highest BCUT2D eigenvalue weighted by Crippen LogP contribution is 2.36. The number of carbonyl (C=O) groups excluding carboxylic acids is 1. The summed E-state index contributed by atoms with van der Waals surface area (Å²) >= 11 is 0. The van der Waals surface area contributed by atoms with Gasteiger partial charge in [0.2, 0.25) is 5.91 Å². The highest BCUT2D eigenvalue weighted by Gasteiger charge is 2.38. The molecule has 0 spiro atoms. The highest BCUT2D eigenvalue weighted by molar-refractivity contribution is 5.79. The zero-order valence-corrected chi connectivity index (χ0v) is 14.4. The summed E-state index contributed by atoms with van der Waals surface area (Å²) in [4.78, 5) is 18.0. The maximum atomic E-state index is 14.2. The maximum Gasteiger partial charge on any atom is 0.223 e. The number of hydrogen-bond acceptors (Lipinski definition) is 4. The third kappa shape index (κ3) is 3.64. The number of halogens is 1. The molecular formula is C19H22FN3O2. The number of likely N-dealkylation sites (tertiary alicyclic amines) is 1. The second kappa shape index (κ2) is 7.61. The molecule has 132 valence electrons. The summed E-state index contributed by atoms with van der Waals surface area (Å²) in [5.41, 5.74) is 1.63. The summed E-state index contributed by atoms with van der Waals surface area (Å²) in [6.07, 6.45) is 3.96. The van der Waals surface area contributed by atoms with Crippen molar-refractivity contribution in [1.82, 2.24) is 15.2 Å². The van der Waals surface area contributed by atoms with Crippen LogP contribution in [0.4, 0.5) is 4.39 Å². The minimum Gasteiger partial charge on any atom is -0.494 e. The fourth-order valence-corrected chi connectivity index (χ4v) is 3.43. The summed E-state index contributed by atoms with van der Waals surface area (Å²) in [7, 11) is 3.28. The van der Waals surface area contributed by atoms with Gasteiger partial charge in [-0.3, -0.25) is 9.78 Å². The second-order valence-electron chi connectivity index (χ2n) is 6.26. The average Bonchev–Trinajstić information content (AvgIpc) is 2.91. The van der Waals surface area contributed by atoms with Gasteiger partial charge in [0.05, 0.1) is 13.2 Å². The molecule has 0 radical (unpaired) electrons. The van der Waals surface area contributed by atoms with Crippen molar-refractivity contribution >= 4 is 5.91 Å². The second-order valence-corrected chi connectivity index (χ2v) is 6.26. The Morgan fingerprint density at radius 3 is 2.80 bits per heavy atom. The summed E-state index contributed by atoms with van der Waals surface area (Å²) in [5, 5.41) is 3.29. The van der Waals surface area contributed by atoms with E-state index in [2.05, 4.69) is 10.3 Å². The van der Waals surface area contributed by atoms with Crippen molar-refractivity contribution in [3.63, 3.8) is 0 Å². The predicted molar refractivity (Wildman–Crippen MR) is 92.5 cm³/mol. The van der Waals surface area contributed by atoms with Gasteiger partial charge < -0.3 is 15.0 Å². The molecule has 0 bridgehead atoms. The number of amides is 1. The van der Waals surface area contributed by atoms with Crippen molar-refractivity contribution < 1.29 is 13.9 Å². The van der Waals surface area contributed by atoms with Gasteiger partial charge in [0.15, 0.2) is 11.6 Å². The van der Waals surface area contributed by atoms with E-state index in [1.54, 1.807) is 35.5 Å². The SMILES string of the molecule is COc1cccc(CNC[C@@H]2CC(=O)N(C)[C@H]2c2ccncc2)c1F. The number of ether oxygens (including phenoxy) is 1. The van der Waals surface area contributed by atoms with Gasteiger partial charge in [-0.15, -0.1) is 0 Å². The third-order valence-corrected chi connectivity index (χ3v) is 4.73. The molecule has 1 fully saturated rings. The summed E-state index contributed by atoms with van der Waals surface area (Å²) in [6.45, 7) is 1.01. The molecule has 2 atom stereocenters. The number of nitrogens with zero attached hydrogens (tertiary/aromatic N) is 2. The molecule has 1 aromatic heterocycles. The van der Waals surface area contributed by atoms with Crippen LogP contribution in [-0.4, -0.2) is 36.5 Å². The van der Waals surface area contributed by atoms with Gasteiger partial charge in [-0.2, -0.15) is 0 Å². The zero-order valence-electron chi connectivity index (χ0n) is 14.4. The van der Waals surface area contributed by atoms with Gasteiger partial charge >= 0.3 is 0 Å². The molecule has 1 aliphatic heterocycles. The van der Waals surface area contributed by atoms with Gasteiger partial charge in [-0.1, -0.05) is 12.1 Å². The Hall–Kier alpha value is -2.47. The monoisotopic (exact) mass is 343 g/mol. The van der Waals surface area contributed by atoms with Gasteiger partial charge in [0.1, 0.15) is 0 Å². The van der Waals surface area contributed by atoms with Crippen molar-refractivity contribution in [3.8, 4) is 5.75 Å². The molecule has 0 aliphatic carbocycles. The largest absolute Gasteiger partial charge is 0.494 e. The molecule has 3 rings (SSSR count). The molecule has 0 saturated carbocycles. The molecule has 2 heterocycles. The molecule has 6 heteroatoms. The molecular weight excluding hydrogens is 321 g/mol. The third-order valence-electron chi connectivity index (χ3n) is 4.73. The summed E-state index contributed by atoms with van der Waals surface area (Å²) in [5.74, 6) is 0.155. The van der Waals surface area contributed by atoms with Crippen molar-refractivity contribution in [2.45, 2.75) is 19.0 Å². The van der Waals surface area contributed by atoms with E-state index in [0.29, 0.717) is 25.1 Å². The molecule has 5 nitrogen and oxygen atoms in total. The Morgan fingerprint density at radius 2 is 2.08 bits per heavy atom. The van der Waals surface area contributed by atoms with E-state index in [1.807, 2.05) is 19.2 Å². The van der Waals surface area contributed by atoms with Crippen LogP contribution in [0.5, 0.6) is 5.75 Å². The topological polar surface area (TPSA) is 54.5 Å². The Kier molecular flexibility index (Phi) is 5.28. The minimum absolute atomic E-state index is 0.0122. The molecule has 1 aliphatic rings. The number of rotatable bonds is 6. The van der Waals surface area contributed by atoms with Crippen LogP contribution < -0.4 is 10.1 Å². The minimum atomic E-state index is -0.345. The first-order valence-electron chi connectivity index (χ1n) is 8.29. The van der Waals surface area contributed by atoms with Crippen LogP contribution in [0.1, 0.15) is 23.6 Å². The maximum absolute atomic E-state index is 14.2. The highest BCUT2D eigenvalue weighted by atomic mass is 19.1. The Balaban J connectivity index is 1.67. The smallest absolute Gasteiger partial charge is 0.223 e. The number of carbonyl (C=O) groups is 1. The number of hydrogen-bond donors (Lipinski definition) is 1. The Morgan fingerprint density at radius 1 is 1.32 bits per heavy atom. The predicted octanol–water partition coefficient (Wildman–Crippen LogP) is 2.54. The van der Waals surface area contributed by atoms with E-state index in [-0.39, 0.29) is 29.4 Å². The van der Waals surface area contributed by atoms with E-state index in [9.17, 15) is 9.18 Å². The van der Waals surface area contributed by atoms with E-state index in [1.165, 1.54) is 7.11 Å². The fraction of sp³-hybridized carbons (Fsp3) is 0.368. The van der Waals surface area contributed by atoms with Crippen molar-refractivity contribution in [1.29, 1.82) is 0 Å². The fourth-order valence-electron chi connectivity index (χ4n) is 3.43. The standard InChI is InChI=1S/C19H22FN3O2/c1-23-17(24)10-15(19(23)13-6-8-21-9-7-13)12-22-11-14-4-3-5-16(25-2)18(14)20/h3-9,15,19,22H,10-12H2,1-2H3/t15-,19-/m0/s1. The van der Waals surface area contributed by atoms with Gasteiger partial charge in [0, 0.05) is 50.4 Å². The van der Waals surface area contributed by atoms with Crippen LogP contribution in [0.15, 0.2) is 42.7 Å². The van der Waals surface area contributed by atoms with Crippen molar-refractivity contribution in [3.05, 3.63) is 59.7 Å². The summed E-state index contributed by atoms with van der Waals surface area (Å²) in [6, 6.07) is 8.99. The normalized spacial score (nSPS) is 20.1. The van der Waals surface area contributed by atoms with Crippen LogP contribution in [0.2, 0.25) is 0 Å². The number of benzene rings is 1. The van der Waals surface area contributed by atoms with Crippen LogP contribution in [0.25, 0.3) is 0 Å². The number of aromatic nitrogens is 1. The first-order chi connectivity index (χ1) is 12.1. The van der Waals surface area contributed by atoms with Crippen molar-refractivity contribution in [2.75, 3.05) is 20.7 Å². The Bertz CT molecular complexity index is 739. The number of methoxy groups -OCH3 is 1. The van der Waals surface area contributed by atoms with E-state index in [4.69, 9.17) is 4.74 Å².